The molecule has 0 atom stereocenters. The highest BCUT2D eigenvalue weighted by molar-refractivity contribution is 7.14. The molecule has 1 amide bonds. The van der Waals surface area contributed by atoms with Crippen LogP contribution >= 0.6 is 34.5 Å². The van der Waals surface area contributed by atoms with E-state index in [4.69, 9.17) is 27.9 Å². The van der Waals surface area contributed by atoms with Crippen LogP contribution < -0.4 is 15.5 Å². The van der Waals surface area contributed by atoms with E-state index >= 15 is 0 Å². The fraction of sp³-hybridized carbons (Fsp3) is 0.115. The summed E-state index contributed by atoms with van der Waals surface area (Å²) in [4.78, 5) is 17.1. The number of amides is 1. The van der Waals surface area contributed by atoms with Crippen molar-refractivity contribution in [2.75, 3.05) is 11.9 Å². The van der Waals surface area contributed by atoms with Crippen LogP contribution in [-0.4, -0.2) is 23.7 Å². The maximum atomic E-state index is 12.5. The minimum Gasteiger partial charge on any atom is -0.491 e. The molecule has 0 aliphatic heterocycles. The minimum atomic E-state index is -0.337. The van der Waals surface area contributed by atoms with Crippen LogP contribution in [0, 0.1) is 6.92 Å². The zero-order valence-electron chi connectivity index (χ0n) is 19.0. The van der Waals surface area contributed by atoms with E-state index in [-0.39, 0.29) is 5.91 Å². The molecule has 2 N–H and O–H groups in total. The molecule has 4 aromatic rings. The summed E-state index contributed by atoms with van der Waals surface area (Å²) in [5.74, 6) is 0.0891. The number of hydrazone groups is 1. The SMILES string of the molecule is CCOc1c(Cl)cc(/C=N\NC(=O)c2ccc(-c3csc(Nc4ccc(C)cc4)n3)cc2)cc1Cl. The van der Waals surface area contributed by atoms with Crippen molar-refractivity contribution in [1.82, 2.24) is 10.4 Å². The molecule has 0 saturated carbocycles. The number of aromatic nitrogens is 1. The lowest BCUT2D eigenvalue weighted by atomic mass is 10.1. The highest BCUT2D eigenvalue weighted by Crippen LogP contribution is 2.33. The topological polar surface area (TPSA) is 75.6 Å². The molecule has 3 aromatic carbocycles. The number of thiazole rings is 1. The molecule has 1 heterocycles. The molecule has 1 aromatic heterocycles. The van der Waals surface area contributed by atoms with Gasteiger partial charge in [0.05, 0.1) is 28.6 Å². The Morgan fingerprint density at radius 1 is 1.09 bits per heavy atom. The second kappa shape index (κ2) is 11.4. The van der Waals surface area contributed by atoms with Gasteiger partial charge in [0.25, 0.3) is 5.91 Å². The van der Waals surface area contributed by atoms with E-state index in [1.54, 1.807) is 24.3 Å². The first-order valence-corrected chi connectivity index (χ1v) is 12.4. The average Bonchev–Trinajstić information content (AvgIpc) is 3.31. The van der Waals surface area contributed by atoms with Gasteiger partial charge in [0, 0.05) is 22.2 Å². The Kier molecular flexibility index (Phi) is 8.02. The molecule has 0 radical (unpaired) electrons. The maximum Gasteiger partial charge on any atom is 0.271 e. The maximum absolute atomic E-state index is 12.5. The highest BCUT2D eigenvalue weighted by Gasteiger charge is 2.10. The van der Waals surface area contributed by atoms with Gasteiger partial charge in [-0.1, -0.05) is 53.0 Å². The van der Waals surface area contributed by atoms with Crippen molar-refractivity contribution in [3.05, 3.63) is 92.8 Å². The summed E-state index contributed by atoms with van der Waals surface area (Å²) in [6, 6.07) is 18.6. The van der Waals surface area contributed by atoms with Gasteiger partial charge in [-0.2, -0.15) is 5.10 Å². The van der Waals surface area contributed by atoms with Crippen molar-refractivity contribution in [1.29, 1.82) is 0 Å². The van der Waals surface area contributed by atoms with Gasteiger partial charge in [-0.15, -0.1) is 11.3 Å². The van der Waals surface area contributed by atoms with Crippen molar-refractivity contribution < 1.29 is 9.53 Å². The zero-order valence-corrected chi connectivity index (χ0v) is 21.3. The molecule has 4 rings (SSSR count). The predicted octanol–water partition coefficient (Wildman–Crippen LogP) is 7.33. The van der Waals surface area contributed by atoms with Crippen LogP contribution in [0.15, 0.2) is 71.1 Å². The molecule has 6 nitrogen and oxygen atoms in total. The molecular formula is C26H22Cl2N4O2S. The Hall–Kier alpha value is -3.39. The van der Waals surface area contributed by atoms with E-state index in [0.717, 1.165) is 22.1 Å². The summed E-state index contributed by atoms with van der Waals surface area (Å²) < 4.78 is 5.41. The lowest BCUT2D eigenvalue weighted by Gasteiger charge is -2.08. The molecule has 0 spiro atoms. The summed E-state index contributed by atoms with van der Waals surface area (Å²) in [6.07, 6.45) is 1.47. The van der Waals surface area contributed by atoms with Crippen LogP contribution in [0.3, 0.4) is 0 Å². The van der Waals surface area contributed by atoms with Gasteiger partial charge in [0.15, 0.2) is 10.9 Å². The van der Waals surface area contributed by atoms with Crippen molar-refractivity contribution in [2.24, 2.45) is 5.10 Å². The molecule has 0 bridgehead atoms. The average molecular weight is 525 g/mol. The Bertz CT molecular complexity index is 1330. The highest BCUT2D eigenvalue weighted by atomic mass is 35.5. The van der Waals surface area contributed by atoms with Crippen molar-refractivity contribution in [3.8, 4) is 17.0 Å². The van der Waals surface area contributed by atoms with Crippen LogP contribution in [-0.2, 0) is 0 Å². The van der Waals surface area contributed by atoms with Gasteiger partial charge in [0.2, 0.25) is 0 Å². The standard InChI is InChI=1S/C26H22Cl2N4O2S/c1-3-34-24-21(27)12-17(13-22(24)28)14-29-32-25(33)19-8-6-18(7-9-19)23-15-35-26(31-23)30-20-10-4-16(2)5-11-20/h4-15H,3H2,1-2H3,(H,30,31)(H,32,33)/b29-14-. The van der Waals surface area contributed by atoms with Gasteiger partial charge >= 0.3 is 0 Å². The summed E-state index contributed by atoms with van der Waals surface area (Å²) >= 11 is 13.9. The van der Waals surface area contributed by atoms with Crippen LogP contribution in [0.1, 0.15) is 28.4 Å². The number of carbonyl (C=O) groups is 1. The molecule has 0 unspecified atom stereocenters. The third-order valence-electron chi connectivity index (χ3n) is 4.94. The number of nitrogens with zero attached hydrogens (tertiary/aromatic N) is 2. The number of nitrogens with one attached hydrogen (secondary N) is 2. The van der Waals surface area contributed by atoms with E-state index in [1.807, 2.05) is 48.7 Å². The normalized spacial score (nSPS) is 11.0. The Morgan fingerprint density at radius 2 is 1.77 bits per heavy atom. The molecule has 9 heteroatoms. The Morgan fingerprint density at radius 3 is 2.43 bits per heavy atom. The van der Waals surface area contributed by atoms with E-state index in [1.165, 1.54) is 23.1 Å². The molecular weight excluding hydrogens is 503 g/mol. The molecule has 0 saturated heterocycles. The summed E-state index contributed by atoms with van der Waals surface area (Å²) in [5, 5.41) is 10.8. The van der Waals surface area contributed by atoms with E-state index in [2.05, 4.69) is 27.8 Å². The van der Waals surface area contributed by atoms with Gasteiger partial charge in [-0.05, 0) is 55.8 Å². The van der Waals surface area contributed by atoms with Crippen LogP contribution in [0.4, 0.5) is 10.8 Å². The number of halogens is 2. The van der Waals surface area contributed by atoms with Crippen molar-refractivity contribution in [2.45, 2.75) is 13.8 Å². The Balaban J connectivity index is 1.37. The zero-order chi connectivity index (χ0) is 24.8. The molecule has 0 aliphatic carbocycles. The summed E-state index contributed by atoms with van der Waals surface area (Å²) in [7, 11) is 0. The van der Waals surface area contributed by atoms with Crippen LogP contribution in [0.25, 0.3) is 11.3 Å². The summed E-state index contributed by atoms with van der Waals surface area (Å²) in [6.45, 7) is 4.35. The molecule has 0 aliphatic rings. The van der Waals surface area contributed by atoms with E-state index < -0.39 is 0 Å². The monoisotopic (exact) mass is 524 g/mol. The predicted molar refractivity (Wildman–Crippen MR) is 145 cm³/mol. The number of rotatable bonds is 8. The molecule has 35 heavy (non-hydrogen) atoms. The third-order valence-corrected chi connectivity index (χ3v) is 6.26. The van der Waals surface area contributed by atoms with Crippen LogP contribution in [0.2, 0.25) is 10.0 Å². The van der Waals surface area contributed by atoms with Crippen molar-refractivity contribution >= 4 is 57.5 Å². The number of hydrogen-bond donors (Lipinski definition) is 2. The number of anilines is 2. The largest absolute Gasteiger partial charge is 0.491 e. The first-order valence-electron chi connectivity index (χ1n) is 10.8. The molecule has 178 valence electrons. The second-order valence-electron chi connectivity index (χ2n) is 7.55. The Labute approximate surface area is 217 Å². The lowest BCUT2D eigenvalue weighted by Crippen LogP contribution is -2.17. The third kappa shape index (κ3) is 6.39. The van der Waals surface area contributed by atoms with Crippen molar-refractivity contribution in [3.63, 3.8) is 0 Å². The first kappa shape index (κ1) is 24.7. The number of ether oxygens (including phenoxy) is 1. The fourth-order valence-corrected chi connectivity index (χ4v) is 4.54. The van der Waals surface area contributed by atoms with Crippen LogP contribution in [0.5, 0.6) is 5.75 Å². The van der Waals surface area contributed by atoms with Gasteiger partial charge < -0.3 is 10.1 Å². The number of aryl methyl sites for hydroxylation is 1. The minimum absolute atomic E-state index is 0.337. The van der Waals surface area contributed by atoms with Gasteiger partial charge in [-0.25, -0.2) is 10.4 Å². The quantitative estimate of drug-likeness (QED) is 0.187. The second-order valence-corrected chi connectivity index (χ2v) is 9.22. The van der Waals surface area contributed by atoms with Gasteiger partial charge in [-0.3, -0.25) is 4.79 Å². The first-order chi connectivity index (χ1) is 16.9. The van der Waals surface area contributed by atoms with Gasteiger partial charge in [0.1, 0.15) is 0 Å². The molecule has 0 fully saturated rings. The van der Waals surface area contributed by atoms with E-state index in [0.29, 0.717) is 33.5 Å². The summed E-state index contributed by atoms with van der Waals surface area (Å²) in [5.41, 5.74) is 7.56. The smallest absolute Gasteiger partial charge is 0.271 e. The number of carbonyl (C=O) groups excluding carboxylic acids is 1. The number of benzene rings is 3. The fourth-order valence-electron chi connectivity index (χ4n) is 3.18. The lowest BCUT2D eigenvalue weighted by molar-refractivity contribution is 0.0955. The number of hydrogen-bond acceptors (Lipinski definition) is 6. The van der Waals surface area contributed by atoms with E-state index in [9.17, 15) is 4.79 Å².